The molecule has 0 bridgehead atoms. The predicted octanol–water partition coefficient (Wildman–Crippen LogP) is 4.31. The van der Waals surface area contributed by atoms with Gasteiger partial charge in [-0.1, -0.05) is 42.5 Å². The Hall–Kier alpha value is -2.66. The third-order valence-corrected chi connectivity index (χ3v) is 6.29. The van der Waals surface area contributed by atoms with Crippen LogP contribution in [0.5, 0.6) is 0 Å². The van der Waals surface area contributed by atoms with E-state index in [9.17, 15) is 9.59 Å². The minimum absolute atomic E-state index is 0.0507. The second-order valence-corrected chi connectivity index (χ2v) is 8.65. The summed E-state index contributed by atoms with van der Waals surface area (Å²) in [4.78, 5) is 24.2. The van der Waals surface area contributed by atoms with E-state index in [2.05, 4.69) is 19.6 Å². The third kappa shape index (κ3) is 4.41. The number of rotatable bonds is 4. The van der Waals surface area contributed by atoms with Crippen LogP contribution in [0.1, 0.15) is 43.7 Å². The first-order chi connectivity index (χ1) is 14.4. The van der Waals surface area contributed by atoms with E-state index in [1.807, 2.05) is 31.2 Å². The van der Waals surface area contributed by atoms with Crippen LogP contribution in [0.2, 0.25) is 0 Å². The summed E-state index contributed by atoms with van der Waals surface area (Å²) in [5.41, 5.74) is 3.42. The van der Waals surface area contributed by atoms with Gasteiger partial charge in [0.1, 0.15) is 18.8 Å². The second-order valence-electron chi connectivity index (χ2n) is 8.65. The smallest absolute Gasteiger partial charge is 0.334 e. The van der Waals surface area contributed by atoms with Crippen LogP contribution in [0.3, 0.4) is 0 Å². The number of carbonyl (C=O) groups is 2. The van der Waals surface area contributed by atoms with Crippen molar-refractivity contribution >= 4 is 18.0 Å². The molecule has 0 unspecified atom stereocenters. The van der Waals surface area contributed by atoms with Gasteiger partial charge in [0, 0.05) is 17.6 Å². The molecule has 158 valence electrons. The topological polar surface area (TPSA) is 65.1 Å². The minimum atomic E-state index is -0.367. The standard InChI is InChI=1S/C25H28O5/c1-16-6-4-7-18(14-16)10-12-21(26)28-15-19-8-5-13-25(3)23(30-25)22-20(11-9-19)17(2)24(27)29-22/h4,6-8,10,12,14,20,22-23H,2,5,9,11,13,15H2,1,3H3/b12-10+,19-8+/t20-,22-,23-,25+/m0/s1. The number of fused-ring (bicyclic) bond motifs is 3. The lowest BCUT2D eigenvalue weighted by Gasteiger charge is -2.20. The molecular formula is C25H28O5. The van der Waals surface area contributed by atoms with Gasteiger partial charge in [-0.25, -0.2) is 9.59 Å². The van der Waals surface area contributed by atoms with Crippen molar-refractivity contribution in [3.8, 4) is 0 Å². The molecule has 2 saturated heterocycles. The van der Waals surface area contributed by atoms with Gasteiger partial charge in [0.05, 0.1) is 5.60 Å². The lowest BCUT2D eigenvalue weighted by molar-refractivity contribution is -0.140. The Kier molecular flexibility index (Phi) is 5.65. The number of carbonyl (C=O) groups excluding carboxylic acids is 2. The van der Waals surface area contributed by atoms with Gasteiger partial charge in [0.2, 0.25) is 0 Å². The molecular weight excluding hydrogens is 380 g/mol. The summed E-state index contributed by atoms with van der Waals surface area (Å²) >= 11 is 0. The van der Waals surface area contributed by atoms with Crippen LogP contribution in [0, 0.1) is 12.8 Å². The minimum Gasteiger partial charge on any atom is -0.458 e. The molecule has 3 aliphatic rings. The molecule has 2 heterocycles. The third-order valence-electron chi connectivity index (χ3n) is 6.29. The van der Waals surface area contributed by atoms with Gasteiger partial charge < -0.3 is 14.2 Å². The molecule has 1 aliphatic carbocycles. The van der Waals surface area contributed by atoms with E-state index < -0.39 is 0 Å². The van der Waals surface area contributed by atoms with Gasteiger partial charge >= 0.3 is 11.9 Å². The van der Waals surface area contributed by atoms with E-state index in [1.165, 1.54) is 6.08 Å². The van der Waals surface area contributed by atoms with Gasteiger partial charge in [-0.15, -0.1) is 0 Å². The van der Waals surface area contributed by atoms with E-state index >= 15 is 0 Å². The van der Waals surface area contributed by atoms with E-state index in [4.69, 9.17) is 14.2 Å². The highest BCUT2D eigenvalue weighted by molar-refractivity contribution is 5.91. The highest BCUT2D eigenvalue weighted by Crippen LogP contribution is 2.49. The lowest BCUT2D eigenvalue weighted by Crippen LogP contribution is -2.29. The highest BCUT2D eigenvalue weighted by atomic mass is 16.6. The summed E-state index contributed by atoms with van der Waals surface area (Å²) in [5.74, 6) is -0.739. The van der Waals surface area contributed by atoms with Gasteiger partial charge in [-0.3, -0.25) is 0 Å². The van der Waals surface area contributed by atoms with Crippen molar-refractivity contribution in [2.24, 2.45) is 5.92 Å². The number of ether oxygens (including phenoxy) is 3. The molecule has 0 N–H and O–H groups in total. The van der Waals surface area contributed by atoms with Crippen LogP contribution in [0.4, 0.5) is 0 Å². The fourth-order valence-corrected chi connectivity index (χ4v) is 4.40. The number of hydrogen-bond donors (Lipinski definition) is 0. The molecule has 0 saturated carbocycles. The fraction of sp³-hybridized carbons (Fsp3) is 0.440. The van der Waals surface area contributed by atoms with Crippen LogP contribution >= 0.6 is 0 Å². The molecule has 0 aromatic heterocycles. The Labute approximate surface area is 177 Å². The molecule has 2 fully saturated rings. The predicted molar refractivity (Wildman–Crippen MR) is 114 cm³/mol. The summed E-state index contributed by atoms with van der Waals surface area (Å²) in [6.45, 7) is 8.26. The molecule has 30 heavy (non-hydrogen) atoms. The average molecular weight is 408 g/mol. The molecule has 1 aromatic rings. The highest BCUT2D eigenvalue weighted by Gasteiger charge is 2.61. The van der Waals surface area contributed by atoms with Crippen molar-refractivity contribution in [3.63, 3.8) is 0 Å². The number of allylic oxidation sites excluding steroid dienone is 1. The van der Waals surface area contributed by atoms with Gasteiger partial charge in [-0.05, 0) is 56.7 Å². The van der Waals surface area contributed by atoms with Crippen molar-refractivity contribution in [3.05, 3.63) is 65.3 Å². The summed E-state index contributed by atoms with van der Waals surface area (Å²) in [5, 5.41) is 0. The zero-order valence-electron chi connectivity index (χ0n) is 17.6. The quantitative estimate of drug-likeness (QED) is 0.322. The van der Waals surface area contributed by atoms with Gasteiger partial charge in [0.25, 0.3) is 0 Å². The molecule has 0 spiro atoms. The molecule has 5 nitrogen and oxygen atoms in total. The van der Waals surface area contributed by atoms with Crippen molar-refractivity contribution < 1.29 is 23.8 Å². The Morgan fingerprint density at radius 3 is 3.03 bits per heavy atom. The number of hydrogen-bond acceptors (Lipinski definition) is 5. The van der Waals surface area contributed by atoms with E-state index in [1.54, 1.807) is 6.08 Å². The van der Waals surface area contributed by atoms with Crippen molar-refractivity contribution in [2.75, 3.05) is 6.61 Å². The molecule has 4 atom stereocenters. The van der Waals surface area contributed by atoms with Crippen molar-refractivity contribution in [2.45, 2.75) is 57.3 Å². The monoisotopic (exact) mass is 408 g/mol. The first-order valence-electron chi connectivity index (χ1n) is 10.5. The normalized spacial score (nSPS) is 32.6. The Morgan fingerprint density at radius 1 is 1.40 bits per heavy atom. The van der Waals surface area contributed by atoms with Crippen LogP contribution in [-0.4, -0.2) is 36.4 Å². The van der Waals surface area contributed by atoms with E-state index in [0.717, 1.165) is 42.4 Å². The maximum Gasteiger partial charge on any atom is 0.334 e. The average Bonchev–Trinajstić information content (AvgIpc) is 3.30. The van der Waals surface area contributed by atoms with E-state index in [0.29, 0.717) is 5.57 Å². The zero-order valence-corrected chi connectivity index (χ0v) is 17.6. The summed E-state index contributed by atoms with van der Waals surface area (Å²) in [7, 11) is 0. The number of aryl methyl sites for hydroxylation is 1. The van der Waals surface area contributed by atoms with Crippen molar-refractivity contribution in [1.82, 2.24) is 0 Å². The van der Waals surface area contributed by atoms with Gasteiger partial charge in [0.15, 0.2) is 0 Å². The molecule has 4 rings (SSSR count). The molecule has 5 heteroatoms. The van der Waals surface area contributed by atoms with Crippen LogP contribution in [0.15, 0.2) is 54.1 Å². The first-order valence-corrected chi connectivity index (χ1v) is 10.5. The Morgan fingerprint density at radius 2 is 2.23 bits per heavy atom. The summed E-state index contributed by atoms with van der Waals surface area (Å²) in [6, 6.07) is 7.93. The maximum atomic E-state index is 12.2. The fourth-order valence-electron chi connectivity index (χ4n) is 4.40. The molecule has 0 radical (unpaired) electrons. The maximum absolute atomic E-state index is 12.2. The number of esters is 2. The molecule has 0 amide bonds. The number of benzene rings is 1. The van der Waals surface area contributed by atoms with Crippen LogP contribution < -0.4 is 0 Å². The second kappa shape index (κ2) is 8.23. The Balaban J connectivity index is 1.38. The number of epoxide rings is 1. The van der Waals surface area contributed by atoms with E-state index in [-0.39, 0.29) is 42.3 Å². The molecule has 1 aromatic carbocycles. The summed E-state index contributed by atoms with van der Waals surface area (Å²) < 4.78 is 17.0. The lowest BCUT2D eigenvalue weighted by atomic mass is 9.84. The SMILES string of the molecule is C=C1C(=O)O[C@H]2[C@H]1CC/C(COC(=O)/C=C/c1cccc(C)c1)=C\CC[C@@]1(C)O[C@@H]21. The van der Waals surface area contributed by atoms with Crippen LogP contribution in [0.25, 0.3) is 6.08 Å². The first kappa shape index (κ1) is 20.6. The Bertz CT molecular complexity index is 927. The molecule has 2 aliphatic heterocycles. The summed E-state index contributed by atoms with van der Waals surface area (Å²) in [6.07, 6.45) is 8.20. The zero-order chi connectivity index (χ0) is 21.3. The van der Waals surface area contributed by atoms with Crippen molar-refractivity contribution in [1.29, 1.82) is 0 Å². The van der Waals surface area contributed by atoms with Crippen LogP contribution in [-0.2, 0) is 23.8 Å². The largest absolute Gasteiger partial charge is 0.458 e. The van der Waals surface area contributed by atoms with Gasteiger partial charge in [-0.2, -0.15) is 0 Å².